The van der Waals surface area contributed by atoms with Gasteiger partial charge in [0.1, 0.15) is 0 Å². The molecule has 1 unspecified atom stereocenters. The Kier molecular flexibility index (Phi) is 6.54. The lowest BCUT2D eigenvalue weighted by molar-refractivity contribution is -0.116. The van der Waals surface area contributed by atoms with E-state index in [2.05, 4.69) is 10.6 Å². The minimum Gasteiger partial charge on any atom is -0.374 e. The average Bonchev–Trinajstić information content (AvgIpc) is 2.47. The Bertz CT molecular complexity index is 442. The first kappa shape index (κ1) is 16.3. The summed E-state index contributed by atoms with van der Waals surface area (Å²) < 4.78 is 5.55. The average molecular weight is 308 g/mol. The summed E-state index contributed by atoms with van der Waals surface area (Å²) in [5.74, 6) is 2.22. The van der Waals surface area contributed by atoms with Gasteiger partial charge in [-0.25, -0.2) is 0 Å². The maximum atomic E-state index is 12.0. The largest absolute Gasteiger partial charge is 0.374 e. The van der Waals surface area contributed by atoms with Crippen molar-refractivity contribution in [2.24, 2.45) is 0 Å². The van der Waals surface area contributed by atoms with Crippen molar-refractivity contribution in [3.05, 3.63) is 29.8 Å². The topological polar surface area (TPSA) is 50.4 Å². The van der Waals surface area contributed by atoms with Gasteiger partial charge >= 0.3 is 0 Å². The summed E-state index contributed by atoms with van der Waals surface area (Å²) in [5, 5.41) is 6.33. The molecule has 1 aliphatic heterocycles. The fourth-order valence-electron chi connectivity index (χ4n) is 2.13. The predicted octanol–water partition coefficient (Wildman–Crippen LogP) is 2.65. The molecule has 116 valence electrons. The molecule has 1 saturated heterocycles. The summed E-state index contributed by atoms with van der Waals surface area (Å²) in [7, 11) is 0. The second kappa shape index (κ2) is 8.41. The highest BCUT2D eigenvalue weighted by Gasteiger charge is 2.16. The van der Waals surface area contributed by atoms with Crippen LogP contribution in [0.15, 0.2) is 24.3 Å². The zero-order valence-electron chi connectivity index (χ0n) is 12.7. The third-order valence-corrected chi connectivity index (χ3v) is 4.38. The number of carbonyl (C=O) groups excluding carboxylic acids is 1. The van der Waals surface area contributed by atoms with Crippen LogP contribution in [-0.2, 0) is 16.1 Å². The van der Waals surface area contributed by atoms with E-state index in [1.165, 1.54) is 0 Å². The molecule has 1 aromatic carbocycles. The highest BCUT2D eigenvalue weighted by molar-refractivity contribution is 7.99. The van der Waals surface area contributed by atoms with Crippen LogP contribution < -0.4 is 10.6 Å². The first-order chi connectivity index (χ1) is 10.1. The molecule has 0 aliphatic carbocycles. The summed E-state index contributed by atoms with van der Waals surface area (Å²) in [4.78, 5) is 12.0. The van der Waals surface area contributed by atoms with Crippen molar-refractivity contribution >= 4 is 23.4 Å². The first-order valence-electron chi connectivity index (χ1n) is 7.45. The standard InChI is InChI=1S/C16H24N2O2S/c1-12(2)20-10-13-3-5-14(6-4-13)18-16(19)9-15-11-21-8-7-17-15/h3-6,12,15,17H,7-11H2,1-2H3,(H,18,19). The maximum absolute atomic E-state index is 12.0. The molecule has 1 heterocycles. The third-order valence-electron chi connectivity index (χ3n) is 3.25. The van der Waals surface area contributed by atoms with Gasteiger partial charge in [-0.1, -0.05) is 12.1 Å². The van der Waals surface area contributed by atoms with Crippen LogP contribution in [0, 0.1) is 0 Å². The summed E-state index contributed by atoms with van der Waals surface area (Å²) in [5.41, 5.74) is 1.96. The van der Waals surface area contributed by atoms with Gasteiger partial charge in [0.25, 0.3) is 0 Å². The number of amides is 1. The molecular weight excluding hydrogens is 284 g/mol. The van der Waals surface area contributed by atoms with E-state index in [1.54, 1.807) is 0 Å². The fourth-order valence-corrected chi connectivity index (χ4v) is 3.08. The maximum Gasteiger partial charge on any atom is 0.225 e. The number of hydrogen-bond acceptors (Lipinski definition) is 4. The van der Waals surface area contributed by atoms with E-state index in [0.717, 1.165) is 29.3 Å². The van der Waals surface area contributed by atoms with Crippen LogP contribution in [-0.4, -0.2) is 36.1 Å². The molecule has 1 atom stereocenters. The summed E-state index contributed by atoms with van der Waals surface area (Å²) in [6.45, 7) is 5.64. The highest BCUT2D eigenvalue weighted by atomic mass is 32.2. The SMILES string of the molecule is CC(C)OCc1ccc(NC(=O)CC2CSCCN2)cc1. The van der Waals surface area contributed by atoms with Gasteiger partial charge in [-0.2, -0.15) is 11.8 Å². The molecule has 5 heteroatoms. The van der Waals surface area contributed by atoms with E-state index >= 15 is 0 Å². The van der Waals surface area contributed by atoms with Gasteiger partial charge in [0.2, 0.25) is 5.91 Å². The lowest BCUT2D eigenvalue weighted by atomic mass is 10.2. The minimum absolute atomic E-state index is 0.0705. The first-order valence-corrected chi connectivity index (χ1v) is 8.60. The number of anilines is 1. The van der Waals surface area contributed by atoms with Crippen LogP contribution in [0.3, 0.4) is 0 Å². The molecule has 1 fully saturated rings. The van der Waals surface area contributed by atoms with Crippen molar-refractivity contribution in [2.45, 2.75) is 39.0 Å². The Morgan fingerprint density at radius 3 is 2.81 bits per heavy atom. The molecule has 0 bridgehead atoms. The van der Waals surface area contributed by atoms with Crippen LogP contribution in [0.2, 0.25) is 0 Å². The normalized spacial score (nSPS) is 18.7. The molecular formula is C16H24N2O2S. The molecule has 1 aromatic rings. The lowest BCUT2D eigenvalue weighted by Gasteiger charge is -2.22. The second-order valence-corrected chi connectivity index (χ2v) is 6.68. The summed E-state index contributed by atoms with van der Waals surface area (Å²) in [6, 6.07) is 8.14. The molecule has 0 spiro atoms. The number of rotatable bonds is 6. The van der Waals surface area contributed by atoms with Gasteiger partial charge in [0, 0.05) is 36.2 Å². The molecule has 4 nitrogen and oxygen atoms in total. The van der Waals surface area contributed by atoms with Crippen molar-refractivity contribution in [3.63, 3.8) is 0 Å². The highest BCUT2D eigenvalue weighted by Crippen LogP contribution is 2.14. The van der Waals surface area contributed by atoms with Crippen LogP contribution in [0.4, 0.5) is 5.69 Å². The predicted molar refractivity (Wildman–Crippen MR) is 88.7 cm³/mol. The second-order valence-electron chi connectivity index (χ2n) is 5.53. The number of benzene rings is 1. The van der Waals surface area contributed by atoms with E-state index in [-0.39, 0.29) is 12.0 Å². The Morgan fingerprint density at radius 1 is 1.43 bits per heavy atom. The minimum atomic E-state index is 0.0705. The van der Waals surface area contributed by atoms with Crippen LogP contribution in [0.1, 0.15) is 25.8 Å². The van der Waals surface area contributed by atoms with E-state index in [9.17, 15) is 4.79 Å². The van der Waals surface area contributed by atoms with Crippen molar-refractivity contribution in [1.82, 2.24) is 5.32 Å². The van der Waals surface area contributed by atoms with Gasteiger partial charge < -0.3 is 15.4 Å². The van der Waals surface area contributed by atoms with E-state index in [4.69, 9.17) is 4.74 Å². The van der Waals surface area contributed by atoms with Gasteiger partial charge in [0.15, 0.2) is 0 Å². The smallest absolute Gasteiger partial charge is 0.225 e. The summed E-state index contributed by atoms with van der Waals surface area (Å²) >= 11 is 1.90. The van der Waals surface area contributed by atoms with Gasteiger partial charge in [-0.3, -0.25) is 4.79 Å². The molecule has 0 aromatic heterocycles. The molecule has 21 heavy (non-hydrogen) atoms. The molecule has 0 radical (unpaired) electrons. The van der Waals surface area contributed by atoms with Crippen LogP contribution in [0.25, 0.3) is 0 Å². The van der Waals surface area contributed by atoms with Crippen molar-refractivity contribution in [3.8, 4) is 0 Å². The number of ether oxygens (including phenoxy) is 1. The molecule has 0 saturated carbocycles. The lowest BCUT2D eigenvalue weighted by Crippen LogP contribution is -2.39. The third kappa shape index (κ3) is 6.08. The zero-order chi connectivity index (χ0) is 15.1. The van der Waals surface area contributed by atoms with Crippen molar-refractivity contribution in [1.29, 1.82) is 0 Å². The Morgan fingerprint density at radius 2 is 2.19 bits per heavy atom. The quantitative estimate of drug-likeness (QED) is 0.848. The fraction of sp³-hybridized carbons (Fsp3) is 0.562. The van der Waals surface area contributed by atoms with Crippen molar-refractivity contribution < 1.29 is 9.53 Å². The molecule has 2 rings (SSSR count). The molecule has 1 amide bonds. The van der Waals surface area contributed by atoms with E-state index in [1.807, 2.05) is 49.9 Å². The zero-order valence-corrected chi connectivity index (χ0v) is 13.5. The van der Waals surface area contributed by atoms with Gasteiger partial charge in [0.05, 0.1) is 12.7 Å². The van der Waals surface area contributed by atoms with Crippen molar-refractivity contribution in [2.75, 3.05) is 23.4 Å². The molecule has 2 N–H and O–H groups in total. The summed E-state index contributed by atoms with van der Waals surface area (Å²) in [6.07, 6.45) is 0.760. The monoisotopic (exact) mass is 308 g/mol. The Hall–Kier alpha value is -1.04. The Labute approximate surface area is 131 Å². The van der Waals surface area contributed by atoms with E-state index in [0.29, 0.717) is 19.1 Å². The van der Waals surface area contributed by atoms with Gasteiger partial charge in [-0.05, 0) is 31.5 Å². The number of hydrogen-bond donors (Lipinski definition) is 2. The number of carbonyl (C=O) groups is 1. The Balaban J connectivity index is 1.77. The van der Waals surface area contributed by atoms with Crippen LogP contribution in [0.5, 0.6) is 0 Å². The molecule has 1 aliphatic rings. The number of nitrogens with one attached hydrogen (secondary N) is 2. The number of thioether (sulfide) groups is 1. The van der Waals surface area contributed by atoms with Crippen LogP contribution >= 0.6 is 11.8 Å². The van der Waals surface area contributed by atoms with E-state index < -0.39 is 0 Å². The van der Waals surface area contributed by atoms with Gasteiger partial charge in [-0.15, -0.1) is 0 Å².